The molecule has 14 heavy (non-hydrogen) atoms. The van der Waals surface area contributed by atoms with E-state index in [0.717, 1.165) is 0 Å². The summed E-state index contributed by atoms with van der Waals surface area (Å²) in [7, 11) is 1.56. The summed E-state index contributed by atoms with van der Waals surface area (Å²) in [6.07, 6.45) is -0.742. The van der Waals surface area contributed by atoms with Gasteiger partial charge in [-0.15, -0.1) is 0 Å². The van der Waals surface area contributed by atoms with Crippen LogP contribution in [0.25, 0.3) is 0 Å². The fourth-order valence-corrected chi connectivity index (χ4v) is 1.44. The molecule has 0 amide bonds. The molecule has 78 valence electrons. The molecule has 0 aliphatic rings. The second-order valence-electron chi connectivity index (χ2n) is 3.19. The van der Waals surface area contributed by atoms with Crippen molar-refractivity contribution in [1.29, 1.82) is 0 Å². The van der Waals surface area contributed by atoms with Crippen LogP contribution < -0.4 is 10.5 Å². The van der Waals surface area contributed by atoms with Crippen molar-refractivity contribution >= 4 is 11.6 Å². The zero-order chi connectivity index (χ0) is 10.7. The monoisotopic (exact) mass is 215 g/mol. The molecular formula is C10H14ClNO2. The van der Waals surface area contributed by atoms with Gasteiger partial charge in [-0.25, -0.2) is 0 Å². The van der Waals surface area contributed by atoms with Crippen molar-refractivity contribution in [1.82, 2.24) is 0 Å². The first kappa shape index (κ1) is 11.3. The third-order valence-electron chi connectivity index (χ3n) is 2.02. The number of aliphatic hydroxyl groups is 1. The van der Waals surface area contributed by atoms with Crippen LogP contribution in [0.3, 0.4) is 0 Å². The largest absolute Gasteiger partial charge is 0.497 e. The fourth-order valence-electron chi connectivity index (χ4n) is 1.16. The first-order valence-electron chi connectivity index (χ1n) is 4.33. The van der Waals surface area contributed by atoms with E-state index in [4.69, 9.17) is 22.1 Å². The van der Waals surface area contributed by atoms with Gasteiger partial charge in [-0.05, 0) is 19.1 Å². The number of benzene rings is 1. The maximum Gasteiger partial charge on any atom is 0.120 e. The minimum atomic E-state index is -0.742. The predicted molar refractivity (Wildman–Crippen MR) is 56.6 cm³/mol. The van der Waals surface area contributed by atoms with Crippen LogP contribution >= 0.6 is 11.6 Å². The first-order chi connectivity index (χ1) is 6.56. The van der Waals surface area contributed by atoms with E-state index in [1.165, 1.54) is 0 Å². The van der Waals surface area contributed by atoms with Gasteiger partial charge in [-0.2, -0.15) is 0 Å². The minimum absolute atomic E-state index is 0.346. The van der Waals surface area contributed by atoms with Gasteiger partial charge in [0.2, 0.25) is 0 Å². The Balaban J connectivity index is 2.99. The molecular weight excluding hydrogens is 202 g/mol. The van der Waals surface area contributed by atoms with Crippen LogP contribution in [0.15, 0.2) is 18.2 Å². The molecule has 1 aromatic rings. The molecule has 0 spiro atoms. The normalized spacial score (nSPS) is 14.9. The number of hydrogen-bond acceptors (Lipinski definition) is 3. The molecule has 3 N–H and O–H groups in total. The van der Waals surface area contributed by atoms with Gasteiger partial charge < -0.3 is 15.6 Å². The summed E-state index contributed by atoms with van der Waals surface area (Å²) >= 11 is 5.95. The number of nitrogens with two attached hydrogens (primary N) is 1. The zero-order valence-corrected chi connectivity index (χ0v) is 8.95. The van der Waals surface area contributed by atoms with Crippen molar-refractivity contribution < 1.29 is 9.84 Å². The van der Waals surface area contributed by atoms with E-state index >= 15 is 0 Å². The number of halogens is 1. The smallest absolute Gasteiger partial charge is 0.120 e. The lowest BCUT2D eigenvalue weighted by Gasteiger charge is -2.16. The van der Waals surface area contributed by atoms with Gasteiger partial charge in [0.05, 0.1) is 18.2 Å². The van der Waals surface area contributed by atoms with Gasteiger partial charge in [-0.1, -0.05) is 17.7 Å². The van der Waals surface area contributed by atoms with Crippen molar-refractivity contribution in [3.8, 4) is 5.75 Å². The Morgan fingerprint density at radius 1 is 1.50 bits per heavy atom. The Bertz CT molecular complexity index is 315. The van der Waals surface area contributed by atoms with E-state index in [0.29, 0.717) is 16.3 Å². The lowest BCUT2D eigenvalue weighted by Crippen LogP contribution is -2.24. The number of methoxy groups -OCH3 is 1. The molecule has 0 heterocycles. The molecule has 0 fully saturated rings. The van der Waals surface area contributed by atoms with Crippen LogP contribution in [-0.4, -0.2) is 18.3 Å². The standard InChI is InChI=1S/C10H14ClNO2/c1-6(12)10(13)8-4-3-7(14-2)5-9(8)11/h3-6,10,13H,12H2,1-2H3. The Kier molecular flexibility index (Phi) is 3.75. The van der Waals surface area contributed by atoms with Crippen molar-refractivity contribution in [2.45, 2.75) is 19.1 Å². The number of rotatable bonds is 3. The Morgan fingerprint density at radius 2 is 2.14 bits per heavy atom. The van der Waals surface area contributed by atoms with E-state index in [2.05, 4.69) is 0 Å². The average Bonchev–Trinajstić information content (AvgIpc) is 2.16. The van der Waals surface area contributed by atoms with Crippen molar-refractivity contribution in [3.05, 3.63) is 28.8 Å². The molecule has 0 saturated heterocycles. The molecule has 2 atom stereocenters. The van der Waals surface area contributed by atoms with E-state index < -0.39 is 6.10 Å². The van der Waals surface area contributed by atoms with E-state index in [1.54, 1.807) is 32.2 Å². The zero-order valence-electron chi connectivity index (χ0n) is 8.20. The second-order valence-corrected chi connectivity index (χ2v) is 3.60. The molecule has 0 aromatic heterocycles. The fraction of sp³-hybridized carbons (Fsp3) is 0.400. The summed E-state index contributed by atoms with van der Waals surface area (Å²) in [5.41, 5.74) is 6.19. The summed E-state index contributed by atoms with van der Waals surface area (Å²) in [5.74, 6) is 0.663. The van der Waals surface area contributed by atoms with Crippen LogP contribution in [-0.2, 0) is 0 Å². The summed E-state index contributed by atoms with van der Waals surface area (Å²) in [6, 6.07) is 4.77. The van der Waals surface area contributed by atoms with Crippen LogP contribution in [0.4, 0.5) is 0 Å². The lowest BCUT2D eigenvalue weighted by atomic mass is 10.0. The highest BCUT2D eigenvalue weighted by Crippen LogP contribution is 2.28. The van der Waals surface area contributed by atoms with E-state index in [9.17, 15) is 5.11 Å². The minimum Gasteiger partial charge on any atom is -0.497 e. The molecule has 1 aromatic carbocycles. The Morgan fingerprint density at radius 3 is 2.57 bits per heavy atom. The van der Waals surface area contributed by atoms with E-state index in [1.807, 2.05) is 0 Å². The van der Waals surface area contributed by atoms with Crippen LogP contribution in [0.5, 0.6) is 5.75 Å². The topological polar surface area (TPSA) is 55.5 Å². The van der Waals surface area contributed by atoms with Gasteiger partial charge in [0.1, 0.15) is 5.75 Å². The van der Waals surface area contributed by atoms with Gasteiger partial charge in [0, 0.05) is 11.6 Å². The summed E-state index contributed by atoms with van der Waals surface area (Å²) < 4.78 is 4.99. The summed E-state index contributed by atoms with van der Waals surface area (Å²) in [5, 5.41) is 10.2. The highest BCUT2D eigenvalue weighted by Gasteiger charge is 2.15. The first-order valence-corrected chi connectivity index (χ1v) is 4.71. The maximum absolute atomic E-state index is 9.69. The van der Waals surface area contributed by atoms with Crippen molar-refractivity contribution in [2.75, 3.05) is 7.11 Å². The second kappa shape index (κ2) is 4.64. The van der Waals surface area contributed by atoms with Crippen LogP contribution in [0.2, 0.25) is 5.02 Å². The maximum atomic E-state index is 9.69. The Labute approximate surface area is 88.4 Å². The molecule has 4 heteroatoms. The highest BCUT2D eigenvalue weighted by atomic mass is 35.5. The molecule has 0 aliphatic carbocycles. The molecule has 3 nitrogen and oxygen atoms in total. The number of aliphatic hydroxyl groups excluding tert-OH is 1. The van der Waals surface area contributed by atoms with Gasteiger partial charge in [-0.3, -0.25) is 0 Å². The van der Waals surface area contributed by atoms with Gasteiger partial charge in [0.15, 0.2) is 0 Å². The number of hydrogen-bond donors (Lipinski definition) is 2. The number of ether oxygens (including phenoxy) is 1. The highest BCUT2D eigenvalue weighted by molar-refractivity contribution is 6.31. The van der Waals surface area contributed by atoms with Crippen LogP contribution in [0, 0.1) is 0 Å². The molecule has 1 rings (SSSR count). The third kappa shape index (κ3) is 2.38. The van der Waals surface area contributed by atoms with Crippen molar-refractivity contribution in [2.24, 2.45) is 5.73 Å². The Hall–Kier alpha value is -0.770. The van der Waals surface area contributed by atoms with Gasteiger partial charge in [0.25, 0.3) is 0 Å². The van der Waals surface area contributed by atoms with Crippen molar-refractivity contribution in [3.63, 3.8) is 0 Å². The van der Waals surface area contributed by atoms with Crippen LogP contribution in [0.1, 0.15) is 18.6 Å². The molecule has 0 saturated carbocycles. The summed E-state index contributed by atoms with van der Waals surface area (Å²) in [4.78, 5) is 0. The quantitative estimate of drug-likeness (QED) is 0.808. The van der Waals surface area contributed by atoms with Gasteiger partial charge >= 0.3 is 0 Å². The lowest BCUT2D eigenvalue weighted by molar-refractivity contribution is 0.153. The molecule has 0 aliphatic heterocycles. The third-order valence-corrected chi connectivity index (χ3v) is 2.35. The molecule has 0 bridgehead atoms. The molecule has 0 radical (unpaired) electrons. The average molecular weight is 216 g/mol. The predicted octanol–water partition coefficient (Wildman–Crippen LogP) is 1.73. The summed E-state index contributed by atoms with van der Waals surface area (Å²) in [6.45, 7) is 1.73. The molecule has 2 unspecified atom stereocenters. The van der Waals surface area contributed by atoms with E-state index in [-0.39, 0.29) is 6.04 Å². The SMILES string of the molecule is COc1ccc(C(O)C(C)N)c(Cl)c1.